The smallest absolute Gasteiger partial charge is 0.183 e. The maximum Gasteiger partial charge on any atom is 1.00 e. The molecule has 4 heterocycles. The van der Waals surface area contributed by atoms with Crippen molar-refractivity contribution < 1.29 is 139 Å². The van der Waals surface area contributed by atoms with Gasteiger partial charge in [0, 0.05) is 88.1 Å². The molecule has 496 valence electrons. The van der Waals surface area contributed by atoms with E-state index < -0.39 is 46.1 Å². The number of aliphatic hydroxyl groups excluding tert-OH is 2. The largest absolute Gasteiger partial charge is 1.00 e. The van der Waals surface area contributed by atoms with Crippen LogP contribution in [0.25, 0.3) is 11.0 Å². The van der Waals surface area contributed by atoms with Crippen LogP contribution in [-0.4, -0.2) is 181 Å². The number of halogens is 6. The van der Waals surface area contributed by atoms with Gasteiger partial charge in [0.25, 0.3) is 0 Å². The number of rotatable bonds is 24. The minimum atomic E-state index is -10.7. The number of ether oxygens (including phenoxy) is 3. The number of nitrogens with zero attached hydrogens (tertiary/aromatic N) is 6. The molecular formula is C46H101F6N6NaO18P6. The number of hydrogen-bond acceptors (Lipinski definition) is 21. The summed E-state index contributed by atoms with van der Waals surface area (Å²) in [5.74, 6) is 0. The van der Waals surface area contributed by atoms with E-state index in [2.05, 4.69) is 44.0 Å². The van der Waals surface area contributed by atoms with Crippen molar-refractivity contribution in [1.82, 2.24) is 29.2 Å². The van der Waals surface area contributed by atoms with Gasteiger partial charge in [0.05, 0.1) is 24.4 Å². The molecule has 0 spiro atoms. The Labute approximate surface area is 512 Å². The fourth-order valence-corrected chi connectivity index (χ4v) is 12.3. The van der Waals surface area contributed by atoms with Gasteiger partial charge in [0.15, 0.2) is 0 Å². The zero-order valence-corrected chi connectivity index (χ0v) is 58.3. The van der Waals surface area contributed by atoms with Crippen LogP contribution in [0.5, 0.6) is 0 Å². The van der Waals surface area contributed by atoms with Gasteiger partial charge in [-0.25, -0.2) is 0 Å². The Balaban J connectivity index is -0.000000307. The van der Waals surface area contributed by atoms with Crippen LogP contribution in [0.15, 0.2) is 24.3 Å². The molecule has 3 fully saturated rings. The van der Waals surface area contributed by atoms with E-state index in [9.17, 15) is 48.3 Å². The predicted molar refractivity (Wildman–Crippen MR) is 311 cm³/mol. The van der Waals surface area contributed by atoms with Crippen LogP contribution >= 0.6 is 46.1 Å². The number of aromatic nitrogens is 3. The van der Waals surface area contributed by atoms with Gasteiger partial charge in [-0.15, -0.1) is 19.1 Å². The van der Waals surface area contributed by atoms with Crippen molar-refractivity contribution in [2.24, 2.45) is 0 Å². The van der Waals surface area contributed by atoms with Gasteiger partial charge in [-0.3, -0.25) is 13.7 Å². The first kappa shape index (κ1) is 91.9. The van der Waals surface area contributed by atoms with Gasteiger partial charge in [0.2, 0.25) is 0 Å². The van der Waals surface area contributed by atoms with Crippen molar-refractivity contribution in [2.45, 2.75) is 158 Å². The average Bonchev–Trinajstić information content (AvgIpc) is 4.31. The molecule has 37 heteroatoms. The summed E-state index contributed by atoms with van der Waals surface area (Å²) in [5.41, 5.74) is 1.87. The quantitative estimate of drug-likeness (QED) is 0.0432. The van der Waals surface area contributed by atoms with Gasteiger partial charge in [-0.1, -0.05) is 54.2 Å². The molecule has 0 radical (unpaired) electrons. The fourth-order valence-electron chi connectivity index (χ4n) is 6.02. The van der Waals surface area contributed by atoms with Crippen molar-refractivity contribution in [3.63, 3.8) is 0 Å². The maximum absolute atomic E-state index is 11.4. The van der Waals surface area contributed by atoms with Crippen LogP contribution < -0.4 is 39.1 Å². The molecule has 5 rings (SSSR count). The van der Waals surface area contributed by atoms with Crippen LogP contribution in [0.3, 0.4) is 0 Å². The first-order valence-electron chi connectivity index (χ1n) is 26.3. The van der Waals surface area contributed by atoms with E-state index in [1.54, 1.807) is 11.8 Å². The van der Waals surface area contributed by atoms with Gasteiger partial charge >= 0.3 is 93.3 Å². The normalized spacial score (nSPS) is 19.1. The van der Waals surface area contributed by atoms with E-state index in [-0.39, 0.29) is 86.6 Å². The number of fused-ring (bicyclic) bond motifs is 1. The molecular weight excluding hydrogens is 1250 g/mol. The first-order valence-corrected chi connectivity index (χ1v) is 36.9. The Morgan fingerprint density at radius 3 is 1.17 bits per heavy atom. The zero-order chi connectivity index (χ0) is 63.4. The molecule has 3 aliphatic heterocycles. The fraction of sp³-hybridized carbons (Fsp3) is 0.870. The summed E-state index contributed by atoms with van der Waals surface area (Å²) in [6.45, 7) is 23.5. The van der Waals surface area contributed by atoms with Crippen molar-refractivity contribution >= 4 is 57.2 Å². The van der Waals surface area contributed by atoms with Gasteiger partial charge < -0.3 is 66.3 Å². The molecule has 24 nitrogen and oxygen atoms in total. The number of para-hydroxylation sites is 1. The summed E-state index contributed by atoms with van der Waals surface area (Å²) in [7, 11) is -18.8. The van der Waals surface area contributed by atoms with E-state index in [4.69, 9.17) is 47.9 Å². The van der Waals surface area contributed by atoms with Gasteiger partial charge in [-0.2, -0.15) is 4.62 Å². The third-order valence-corrected chi connectivity index (χ3v) is 20.3. The second-order valence-corrected chi connectivity index (χ2v) is 31.0. The second kappa shape index (κ2) is 44.6. The standard InChI is InChI=1S/C18H28N6OP.C7H17O4P.2C6H15O4P.C4H10O.C3H9O3P.CH4O.CH4.F6P.Na/c1-2-10-18-17(9-1)19-20-24(18)25-26(21-11-3-4-12-21,22-13-5-6-14-22)23-15-7-8-16-23;1-5-7(2)11-6-12(8,9-3)10-4;2*1-4-6(2)10-5-11(7,8)9-3;1-3-4(2)5;1-3-7(4,5)6-2;1-2;;1-7(2,3,4,5)6;/h1-2,9-10H,3-8,11-16H2;7H,5-6H2,1-4H3;2*6H,4-5H2,1-3H3,(H,7,8);4-5H,3H2,1-2H3;3H2,1-2H3,(H,4,5);2H,1H3;1H4;;/q+1;;;;;;;;-1;+1/p-1. The molecule has 83 heavy (non-hydrogen) atoms. The van der Waals surface area contributed by atoms with Crippen LogP contribution in [0.2, 0.25) is 0 Å². The molecule has 7 unspecified atom stereocenters. The maximum atomic E-state index is 11.4. The van der Waals surface area contributed by atoms with Crippen molar-refractivity contribution in [2.75, 3.05) is 107 Å². The van der Waals surface area contributed by atoms with Crippen LogP contribution in [-0.2, 0) is 55.1 Å². The molecule has 0 aliphatic carbocycles. The van der Waals surface area contributed by atoms with Gasteiger partial charge in [-0.05, 0) is 114 Å². The van der Waals surface area contributed by atoms with E-state index >= 15 is 0 Å². The van der Waals surface area contributed by atoms with E-state index in [1.165, 1.54) is 73.9 Å². The Bertz CT molecular complexity index is 2040. The first-order chi connectivity index (χ1) is 37.3. The monoisotopic (exact) mass is 1350 g/mol. The Morgan fingerprint density at radius 1 is 0.602 bits per heavy atom. The topological polar surface area (TPSA) is 296 Å². The van der Waals surface area contributed by atoms with E-state index in [0.29, 0.717) is 0 Å². The number of benzene rings is 1. The zero-order valence-electron chi connectivity index (χ0n) is 50.9. The summed E-state index contributed by atoms with van der Waals surface area (Å²) in [5, 5.41) is 24.1. The van der Waals surface area contributed by atoms with Crippen molar-refractivity contribution in [3.05, 3.63) is 24.3 Å². The summed E-state index contributed by atoms with van der Waals surface area (Å²) in [4.78, 5) is 29.6. The summed E-state index contributed by atoms with van der Waals surface area (Å²) in [6.07, 6.45) is 10.6. The Kier molecular flexibility index (Phi) is 49.3. The number of hydrogen-bond donors (Lipinski definition) is 4. The molecule has 3 saturated heterocycles. The second-order valence-electron chi connectivity index (χ2n) is 18.0. The third-order valence-electron chi connectivity index (χ3n) is 11.5. The molecule has 0 amide bonds. The van der Waals surface area contributed by atoms with Crippen LogP contribution in [0.1, 0.15) is 134 Å². The van der Waals surface area contributed by atoms with Crippen LogP contribution in [0.4, 0.5) is 25.2 Å². The molecule has 7 atom stereocenters. The summed E-state index contributed by atoms with van der Waals surface area (Å²) in [6, 6.07) is 8.10. The molecule has 0 bridgehead atoms. The Morgan fingerprint density at radius 2 is 0.916 bits per heavy atom. The summed E-state index contributed by atoms with van der Waals surface area (Å²) < 4.78 is 155. The molecule has 3 aliphatic rings. The van der Waals surface area contributed by atoms with Gasteiger partial charge in [0.1, 0.15) is 37.7 Å². The minimum Gasteiger partial charge on any atom is -0.183 e. The van der Waals surface area contributed by atoms with Crippen molar-refractivity contribution in [3.8, 4) is 0 Å². The molecule has 4 N–H and O–H groups in total. The Hall–Kier alpha value is 0.140. The average molecular weight is 1350 g/mol. The SMILES string of the molecule is C.CCC(C)O.CCC(C)OCP(=O)(O)OC.CCC(C)OCP(=O)(O)OC.CCC(C)OCP(=O)(OC)OC.CCP(=O)([O-])OC.CO.F[P-](F)(F)(F)(F)F.[Na+].c1ccc2c(c1)nnn2O[P+](N1CCCC1)(N1CCCC1)N1CCCC1. The third kappa shape index (κ3) is 45.1. The van der Waals surface area contributed by atoms with E-state index in [1.807, 2.05) is 66.7 Å². The van der Waals surface area contributed by atoms with E-state index in [0.717, 1.165) is 90.2 Å². The predicted octanol–water partition coefficient (Wildman–Crippen LogP) is 9.87. The number of aliphatic hydroxyl groups is 2. The van der Waals surface area contributed by atoms with Crippen LogP contribution in [0, 0.1) is 0 Å². The van der Waals surface area contributed by atoms with Crippen molar-refractivity contribution in [1.29, 1.82) is 0 Å². The molecule has 0 saturated carbocycles. The molecule has 2 aromatic rings. The summed E-state index contributed by atoms with van der Waals surface area (Å²) >= 11 is 0. The molecule has 1 aromatic carbocycles. The molecule has 1 aromatic heterocycles. The minimum absolute atomic E-state index is 0.